The van der Waals surface area contributed by atoms with E-state index in [4.69, 9.17) is 4.42 Å². The zero-order valence-corrected chi connectivity index (χ0v) is 13.7. The van der Waals surface area contributed by atoms with Crippen molar-refractivity contribution < 1.29 is 14.3 Å². The average Bonchev–Trinajstić information content (AvgIpc) is 3.15. The lowest BCUT2D eigenvalue weighted by Crippen LogP contribution is -2.41. The van der Waals surface area contributed by atoms with Crippen LogP contribution in [0, 0.1) is 0 Å². The number of carbonyl (C=O) groups is 1. The Morgan fingerprint density at radius 2 is 2.27 bits per heavy atom. The summed E-state index contributed by atoms with van der Waals surface area (Å²) in [6.07, 6.45) is 2.18. The first-order valence-electron chi connectivity index (χ1n) is 7.41. The van der Waals surface area contributed by atoms with Gasteiger partial charge in [0, 0.05) is 17.3 Å². The van der Waals surface area contributed by atoms with Crippen molar-refractivity contribution in [2.24, 2.45) is 0 Å². The number of thiophene rings is 1. The maximum Gasteiger partial charge on any atom is 0.315 e. The molecule has 0 unspecified atom stereocenters. The minimum absolute atomic E-state index is 0.158. The maximum absolute atomic E-state index is 11.9. The molecule has 0 fully saturated rings. The number of hydrogen-bond acceptors (Lipinski definition) is 4. The number of aliphatic hydroxyl groups is 1. The number of furan rings is 1. The van der Waals surface area contributed by atoms with Crippen LogP contribution in [0.4, 0.5) is 4.79 Å². The van der Waals surface area contributed by atoms with Gasteiger partial charge in [-0.05, 0) is 42.5 Å². The lowest BCUT2D eigenvalue weighted by molar-refractivity contribution is 0.129. The van der Waals surface area contributed by atoms with Crippen molar-refractivity contribution in [3.63, 3.8) is 0 Å². The van der Waals surface area contributed by atoms with E-state index in [2.05, 4.69) is 23.6 Å². The Morgan fingerprint density at radius 1 is 1.45 bits per heavy atom. The highest BCUT2D eigenvalue weighted by atomic mass is 32.1. The summed E-state index contributed by atoms with van der Waals surface area (Å²) in [6.45, 7) is 4.48. The fraction of sp³-hybridized carbons (Fsp3) is 0.438. The zero-order chi connectivity index (χ0) is 15.9. The lowest BCUT2D eigenvalue weighted by atomic mass is 10.1. The molecular weight excluding hydrogens is 300 g/mol. The number of urea groups is 1. The Bertz CT molecular complexity index is 580. The summed E-state index contributed by atoms with van der Waals surface area (Å²) < 4.78 is 5.15. The molecule has 0 spiro atoms. The van der Waals surface area contributed by atoms with E-state index in [-0.39, 0.29) is 12.1 Å². The standard InChI is InChI=1S/C16H22N2O3S/c1-3-12-6-8-22-15(12)10-17-16(20)18-11(2)9-13(19)14-5-4-7-21-14/h4-8,11,13,19H,3,9-10H2,1-2H3,(H2,17,18,20)/t11-,13+/m0/s1. The Labute approximate surface area is 134 Å². The van der Waals surface area contributed by atoms with Crippen molar-refractivity contribution in [1.29, 1.82) is 0 Å². The average molecular weight is 322 g/mol. The summed E-state index contributed by atoms with van der Waals surface area (Å²) in [5, 5.41) is 17.7. The Hall–Kier alpha value is -1.79. The smallest absolute Gasteiger partial charge is 0.315 e. The third kappa shape index (κ3) is 4.61. The van der Waals surface area contributed by atoms with Gasteiger partial charge in [-0.3, -0.25) is 0 Å². The summed E-state index contributed by atoms with van der Waals surface area (Å²) in [7, 11) is 0. The Morgan fingerprint density at radius 3 is 2.95 bits per heavy atom. The van der Waals surface area contributed by atoms with Crippen molar-refractivity contribution in [2.45, 2.75) is 45.4 Å². The molecule has 0 aliphatic carbocycles. The van der Waals surface area contributed by atoms with E-state index < -0.39 is 6.10 Å². The normalized spacial score (nSPS) is 13.6. The quantitative estimate of drug-likeness (QED) is 0.733. The highest BCUT2D eigenvalue weighted by molar-refractivity contribution is 7.10. The van der Waals surface area contributed by atoms with Crippen LogP contribution in [0.3, 0.4) is 0 Å². The van der Waals surface area contributed by atoms with Gasteiger partial charge >= 0.3 is 6.03 Å². The molecule has 0 aliphatic rings. The van der Waals surface area contributed by atoms with Crippen molar-refractivity contribution in [1.82, 2.24) is 10.6 Å². The van der Waals surface area contributed by atoms with Crippen LogP contribution in [0.2, 0.25) is 0 Å². The number of rotatable bonds is 7. The molecular formula is C16H22N2O3S. The van der Waals surface area contributed by atoms with Gasteiger partial charge in [-0.25, -0.2) is 4.79 Å². The van der Waals surface area contributed by atoms with Crippen LogP contribution >= 0.6 is 11.3 Å². The monoisotopic (exact) mass is 322 g/mol. The third-order valence-corrected chi connectivity index (χ3v) is 4.42. The number of aryl methyl sites for hydroxylation is 1. The van der Waals surface area contributed by atoms with E-state index in [1.807, 2.05) is 12.3 Å². The molecule has 0 saturated carbocycles. The molecule has 2 aromatic heterocycles. The molecule has 0 aliphatic heterocycles. The maximum atomic E-state index is 11.9. The summed E-state index contributed by atoms with van der Waals surface area (Å²) >= 11 is 1.65. The van der Waals surface area contributed by atoms with E-state index in [9.17, 15) is 9.90 Å². The lowest BCUT2D eigenvalue weighted by Gasteiger charge is -2.17. The molecule has 120 valence electrons. The van der Waals surface area contributed by atoms with E-state index in [1.54, 1.807) is 23.5 Å². The number of hydrogen-bond donors (Lipinski definition) is 3. The molecule has 2 atom stereocenters. The molecule has 0 saturated heterocycles. The molecule has 22 heavy (non-hydrogen) atoms. The predicted molar refractivity (Wildman–Crippen MR) is 86.8 cm³/mol. The van der Waals surface area contributed by atoms with Crippen molar-refractivity contribution in [3.8, 4) is 0 Å². The fourth-order valence-electron chi connectivity index (χ4n) is 2.26. The van der Waals surface area contributed by atoms with Gasteiger partial charge < -0.3 is 20.2 Å². The first kappa shape index (κ1) is 16.6. The van der Waals surface area contributed by atoms with Crippen LogP contribution in [-0.2, 0) is 13.0 Å². The SMILES string of the molecule is CCc1ccsc1CNC(=O)N[C@@H](C)C[C@@H](O)c1ccco1. The van der Waals surface area contributed by atoms with Crippen molar-refractivity contribution in [3.05, 3.63) is 46.0 Å². The zero-order valence-electron chi connectivity index (χ0n) is 12.8. The molecule has 2 rings (SSSR count). The predicted octanol–water partition coefficient (Wildman–Crippen LogP) is 3.21. The topological polar surface area (TPSA) is 74.5 Å². The molecule has 0 aromatic carbocycles. The molecule has 3 N–H and O–H groups in total. The number of nitrogens with one attached hydrogen (secondary N) is 2. The van der Waals surface area contributed by atoms with Gasteiger partial charge in [-0.1, -0.05) is 6.92 Å². The molecule has 2 aromatic rings. The van der Waals surface area contributed by atoms with Gasteiger partial charge in [0.25, 0.3) is 0 Å². The first-order valence-corrected chi connectivity index (χ1v) is 8.29. The van der Waals surface area contributed by atoms with E-state index >= 15 is 0 Å². The van der Waals surface area contributed by atoms with Crippen LogP contribution in [0.5, 0.6) is 0 Å². The highest BCUT2D eigenvalue weighted by Gasteiger charge is 2.16. The third-order valence-electron chi connectivity index (χ3n) is 3.45. The van der Waals surface area contributed by atoms with Crippen molar-refractivity contribution >= 4 is 17.4 Å². The van der Waals surface area contributed by atoms with Gasteiger partial charge in [0.1, 0.15) is 11.9 Å². The van der Waals surface area contributed by atoms with Gasteiger partial charge in [0.2, 0.25) is 0 Å². The van der Waals surface area contributed by atoms with Gasteiger partial charge in [-0.15, -0.1) is 11.3 Å². The van der Waals surface area contributed by atoms with Gasteiger partial charge in [-0.2, -0.15) is 0 Å². The second kappa shape index (κ2) is 8.00. The number of aliphatic hydroxyl groups excluding tert-OH is 1. The highest BCUT2D eigenvalue weighted by Crippen LogP contribution is 2.19. The van der Waals surface area contributed by atoms with Crippen LogP contribution in [0.25, 0.3) is 0 Å². The summed E-state index contributed by atoms with van der Waals surface area (Å²) in [5.74, 6) is 0.514. The second-order valence-electron chi connectivity index (χ2n) is 5.22. The van der Waals surface area contributed by atoms with Gasteiger partial charge in [0.15, 0.2) is 0 Å². The van der Waals surface area contributed by atoms with Crippen LogP contribution in [-0.4, -0.2) is 17.2 Å². The van der Waals surface area contributed by atoms with Gasteiger partial charge in [0.05, 0.1) is 12.8 Å². The van der Waals surface area contributed by atoms with Crippen molar-refractivity contribution in [2.75, 3.05) is 0 Å². The Balaban J connectivity index is 1.74. The molecule has 0 bridgehead atoms. The molecule has 6 heteroatoms. The summed E-state index contributed by atoms with van der Waals surface area (Å²) in [6, 6.07) is 5.15. The number of amides is 2. The van der Waals surface area contributed by atoms with Crippen LogP contribution in [0.1, 0.15) is 42.6 Å². The molecule has 2 heterocycles. The fourth-order valence-corrected chi connectivity index (χ4v) is 3.18. The molecule has 5 nitrogen and oxygen atoms in total. The summed E-state index contributed by atoms with van der Waals surface area (Å²) in [4.78, 5) is 13.1. The van der Waals surface area contributed by atoms with Crippen LogP contribution in [0.15, 0.2) is 34.3 Å². The van der Waals surface area contributed by atoms with E-state index in [0.29, 0.717) is 18.7 Å². The minimum Gasteiger partial charge on any atom is -0.467 e. The Kier molecular flexibility index (Phi) is 6.03. The second-order valence-corrected chi connectivity index (χ2v) is 6.22. The van der Waals surface area contributed by atoms with E-state index in [0.717, 1.165) is 6.42 Å². The largest absolute Gasteiger partial charge is 0.467 e. The molecule has 2 amide bonds. The number of carbonyl (C=O) groups excluding carboxylic acids is 1. The molecule has 0 radical (unpaired) electrons. The van der Waals surface area contributed by atoms with Crippen LogP contribution < -0.4 is 10.6 Å². The van der Waals surface area contributed by atoms with E-state index in [1.165, 1.54) is 16.7 Å². The minimum atomic E-state index is -0.714. The first-order chi connectivity index (χ1) is 10.6. The summed E-state index contributed by atoms with van der Waals surface area (Å²) in [5.41, 5.74) is 1.27.